The molecule has 0 aliphatic carbocycles. The summed E-state index contributed by atoms with van der Waals surface area (Å²) >= 11 is 0. The van der Waals surface area contributed by atoms with E-state index in [4.69, 9.17) is 15.9 Å². The topological polar surface area (TPSA) is 59.1 Å². The van der Waals surface area contributed by atoms with Gasteiger partial charge in [0.1, 0.15) is 11.6 Å². The van der Waals surface area contributed by atoms with Crippen molar-refractivity contribution in [2.75, 3.05) is 13.3 Å². The largest absolute Gasteiger partial charge is 0.493 e. The van der Waals surface area contributed by atoms with Gasteiger partial charge in [-0.3, -0.25) is 9.80 Å². The highest BCUT2D eigenvalue weighted by Crippen LogP contribution is 2.19. The summed E-state index contributed by atoms with van der Waals surface area (Å²) in [6.45, 7) is 1.86. The molecule has 1 rings (SSSR count). The van der Waals surface area contributed by atoms with E-state index in [1.54, 1.807) is 12.1 Å². The number of ether oxygens (including phenoxy) is 1. The Labute approximate surface area is 88.6 Å². The van der Waals surface area contributed by atoms with Gasteiger partial charge in [-0.1, -0.05) is 12.1 Å². The van der Waals surface area contributed by atoms with E-state index in [9.17, 15) is 4.39 Å². The number of hydrogen-bond donors (Lipinski definition) is 2. The van der Waals surface area contributed by atoms with Crippen molar-refractivity contribution in [2.45, 2.75) is 13.3 Å². The summed E-state index contributed by atoms with van der Waals surface area (Å²) in [6, 6.07) is 5.30. The Hall–Kier alpha value is -1.58. The first-order chi connectivity index (χ1) is 7.15. The minimum atomic E-state index is -0.383. The monoisotopic (exact) mass is 210 g/mol. The highest BCUT2D eigenvalue weighted by Gasteiger charge is 2.03. The van der Waals surface area contributed by atoms with Gasteiger partial charge in [0.2, 0.25) is 0 Å². The average Bonchev–Trinajstić information content (AvgIpc) is 2.20. The summed E-state index contributed by atoms with van der Waals surface area (Å²) in [4.78, 5) is 0. The highest BCUT2D eigenvalue weighted by atomic mass is 19.1. The van der Waals surface area contributed by atoms with Crippen LogP contribution in [0.4, 0.5) is 4.39 Å². The quantitative estimate of drug-likeness (QED) is 0.443. The summed E-state index contributed by atoms with van der Waals surface area (Å²) in [5.41, 5.74) is 6.93. The molecule has 1 aromatic carbocycles. The molecular weight excluding hydrogens is 195 g/mol. The molecule has 0 fully saturated rings. The second-order valence-electron chi connectivity index (χ2n) is 3.28. The molecule has 0 aromatic heterocycles. The van der Waals surface area contributed by atoms with Crippen molar-refractivity contribution in [3.63, 3.8) is 0 Å². The lowest BCUT2D eigenvalue weighted by molar-refractivity contribution is 0.288. The van der Waals surface area contributed by atoms with Crippen LogP contribution in [0.1, 0.15) is 17.5 Å². The number of hydrogen-bond acceptors (Lipinski definition) is 2. The third kappa shape index (κ3) is 3.23. The van der Waals surface area contributed by atoms with E-state index in [2.05, 4.69) is 0 Å². The molecule has 3 nitrogen and oxygen atoms in total. The van der Waals surface area contributed by atoms with Gasteiger partial charge in [0.15, 0.2) is 0 Å². The molecule has 4 heteroatoms. The molecule has 1 aromatic rings. The predicted octanol–water partition coefficient (Wildman–Crippen LogP) is 2.02. The zero-order valence-electron chi connectivity index (χ0n) is 8.72. The van der Waals surface area contributed by atoms with Crippen molar-refractivity contribution in [1.29, 1.82) is 5.41 Å². The maximum atomic E-state index is 11.9. The Balaban J connectivity index is 2.76. The van der Waals surface area contributed by atoms with Crippen LogP contribution in [-0.2, 0) is 0 Å². The Bertz CT molecular complexity index is 352. The summed E-state index contributed by atoms with van der Waals surface area (Å²) in [6.07, 6.45) is 0.379. The van der Waals surface area contributed by atoms with E-state index in [0.717, 1.165) is 5.56 Å². The lowest BCUT2D eigenvalue weighted by atomic mass is 10.1. The molecule has 0 aliphatic rings. The molecule has 0 bridgehead atoms. The molecule has 0 atom stereocenters. The van der Waals surface area contributed by atoms with Crippen molar-refractivity contribution in [3.05, 3.63) is 29.3 Å². The van der Waals surface area contributed by atoms with Crippen molar-refractivity contribution >= 4 is 5.84 Å². The maximum absolute atomic E-state index is 11.9. The molecule has 0 saturated carbocycles. The molecular formula is C11H15FN2O. The number of aryl methyl sites for hydroxylation is 1. The van der Waals surface area contributed by atoms with Crippen molar-refractivity contribution in [1.82, 2.24) is 0 Å². The van der Waals surface area contributed by atoms with Crippen LogP contribution in [0.5, 0.6) is 5.75 Å². The Morgan fingerprint density at radius 2 is 2.27 bits per heavy atom. The van der Waals surface area contributed by atoms with E-state index < -0.39 is 0 Å². The molecule has 0 spiro atoms. The number of nitrogens with one attached hydrogen (secondary N) is 1. The first-order valence-corrected chi connectivity index (χ1v) is 4.79. The third-order valence-corrected chi connectivity index (χ3v) is 2.03. The van der Waals surface area contributed by atoms with Gasteiger partial charge >= 0.3 is 0 Å². The standard InChI is InChI=1S/C11H15FN2O/c1-8-3-4-9(11(13)14)7-10(8)15-6-2-5-12/h3-4,7H,2,5-6H2,1H3,(H3,13,14). The Morgan fingerprint density at radius 1 is 1.53 bits per heavy atom. The second-order valence-corrected chi connectivity index (χ2v) is 3.28. The van der Waals surface area contributed by atoms with Crippen LogP contribution in [-0.4, -0.2) is 19.1 Å². The van der Waals surface area contributed by atoms with Crippen LogP contribution in [0.3, 0.4) is 0 Å². The van der Waals surface area contributed by atoms with E-state index in [-0.39, 0.29) is 12.5 Å². The zero-order chi connectivity index (χ0) is 11.3. The van der Waals surface area contributed by atoms with Crippen LogP contribution in [0.2, 0.25) is 0 Å². The van der Waals surface area contributed by atoms with Crippen molar-refractivity contribution in [3.8, 4) is 5.75 Å². The summed E-state index contributed by atoms with van der Waals surface area (Å²) in [5.74, 6) is 0.668. The number of benzene rings is 1. The average molecular weight is 210 g/mol. The molecule has 0 amide bonds. The minimum absolute atomic E-state index is 0.00495. The first kappa shape index (κ1) is 11.5. The van der Waals surface area contributed by atoms with Gasteiger partial charge in [-0.15, -0.1) is 0 Å². The van der Waals surface area contributed by atoms with Gasteiger partial charge in [0.05, 0.1) is 13.3 Å². The van der Waals surface area contributed by atoms with Gasteiger partial charge in [-0.2, -0.15) is 0 Å². The third-order valence-electron chi connectivity index (χ3n) is 2.03. The fraction of sp³-hybridized carbons (Fsp3) is 0.364. The van der Waals surface area contributed by atoms with Gasteiger partial charge < -0.3 is 10.5 Å². The number of halogens is 1. The number of rotatable bonds is 5. The SMILES string of the molecule is Cc1ccc(C(=N)N)cc1OCCCF. The predicted molar refractivity (Wildman–Crippen MR) is 58.3 cm³/mol. The molecule has 0 aliphatic heterocycles. The van der Waals surface area contributed by atoms with Gasteiger partial charge in [-0.05, 0) is 18.6 Å². The van der Waals surface area contributed by atoms with Crippen LogP contribution < -0.4 is 10.5 Å². The fourth-order valence-electron chi connectivity index (χ4n) is 1.16. The molecule has 0 saturated heterocycles. The second kappa shape index (κ2) is 5.34. The fourth-order valence-corrected chi connectivity index (χ4v) is 1.16. The number of amidine groups is 1. The van der Waals surface area contributed by atoms with Crippen LogP contribution in [0, 0.1) is 12.3 Å². The molecule has 3 N–H and O–H groups in total. The van der Waals surface area contributed by atoms with Crippen LogP contribution >= 0.6 is 0 Å². The molecule has 0 unspecified atom stereocenters. The van der Waals surface area contributed by atoms with Crippen LogP contribution in [0.25, 0.3) is 0 Å². The van der Waals surface area contributed by atoms with E-state index >= 15 is 0 Å². The molecule has 82 valence electrons. The van der Waals surface area contributed by atoms with Gasteiger partial charge in [-0.25, -0.2) is 0 Å². The van der Waals surface area contributed by atoms with E-state index in [0.29, 0.717) is 24.3 Å². The van der Waals surface area contributed by atoms with Crippen molar-refractivity contribution in [2.24, 2.45) is 5.73 Å². The maximum Gasteiger partial charge on any atom is 0.122 e. The molecule has 15 heavy (non-hydrogen) atoms. The summed E-state index contributed by atoms with van der Waals surface area (Å²) < 4.78 is 17.2. The van der Waals surface area contributed by atoms with E-state index in [1.165, 1.54) is 0 Å². The summed E-state index contributed by atoms with van der Waals surface area (Å²) in [5, 5.41) is 7.28. The van der Waals surface area contributed by atoms with Crippen molar-refractivity contribution < 1.29 is 9.13 Å². The smallest absolute Gasteiger partial charge is 0.122 e. The van der Waals surface area contributed by atoms with Gasteiger partial charge in [0, 0.05) is 12.0 Å². The normalized spacial score (nSPS) is 10.0. The molecule has 0 radical (unpaired) electrons. The molecule has 0 heterocycles. The van der Waals surface area contributed by atoms with Crippen LogP contribution in [0.15, 0.2) is 18.2 Å². The number of nitrogen functional groups attached to an aromatic ring is 1. The highest BCUT2D eigenvalue weighted by molar-refractivity contribution is 5.95. The zero-order valence-corrected chi connectivity index (χ0v) is 8.72. The first-order valence-electron chi connectivity index (χ1n) is 4.79. The number of alkyl halides is 1. The van der Waals surface area contributed by atoms with E-state index in [1.807, 2.05) is 13.0 Å². The lowest BCUT2D eigenvalue weighted by Gasteiger charge is -2.09. The summed E-state index contributed by atoms with van der Waals surface area (Å²) in [7, 11) is 0. The van der Waals surface area contributed by atoms with Gasteiger partial charge in [0.25, 0.3) is 0 Å². The minimum Gasteiger partial charge on any atom is -0.493 e. The number of nitrogens with two attached hydrogens (primary N) is 1. The lowest BCUT2D eigenvalue weighted by Crippen LogP contribution is -2.11. The Kier molecular flexibility index (Phi) is 4.09. The Morgan fingerprint density at radius 3 is 2.87 bits per heavy atom.